The summed E-state index contributed by atoms with van der Waals surface area (Å²) in [4.78, 5) is 4.26. The lowest BCUT2D eigenvalue weighted by atomic mass is 10.0. The SMILES string of the molecule is COCCOc1cc2ncc(C#N)c(CC#N)c2cc1OC. The minimum Gasteiger partial charge on any atom is -0.493 e. The topological polar surface area (TPSA) is 88.2 Å². The van der Waals surface area contributed by atoms with Crippen LogP contribution >= 0.6 is 0 Å². The van der Waals surface area contributed by atoms with Crippen LogP contribution in [0.1, 0.15) is 11.1 Å². The number of pyridine rings is 1. The number of aromatic nitrogens is 1. The van der Waals surface area contributed by atoms with Gasteiger partial charge < -0.3 is 14.2 Å². The van der Waals surface area contributed by atoms with Gasteiger partial charge in [0.1, 0.15) is 12.7 Å². The molecule has 0 aliphatic rings. The van der Waals surface area contributed by atoms with Crippen LogP contribution in [0.4, 0.5) is 0 Å². The molecule has 0 saturated carbocycles. The van der Waals surface area contributed by atoms with Gasteiger partial charge in [-0.05, 0) is 11.6 Å². The summed E-state index contributed by atoms with van der Waals surface area (Å²) in [5, 5.41) is 18.9. The summed E-state index contributed by atoms with van der Waals surface area (Å²) in [6.07, 6.45) is 1.61. The van der Waals surface area contributed by atoms with Crippen LogP contribution in [0, 0.1) is 22.7 Å². The predicted molar refractivity (Wildman–Crippen MR) is 79.7 cm³/mol. The van der Waals surface area contributed by atoms with Crippen molar-refractivity contribution >= 4 is 10.9 Å². The van der Waals surface area contributed by atoms with Gasteiger partial charge in [0, 0.05) is 24.8 Å². The number of ether oxygens (including phenoxy) is 3. The molecule has 1 aromatic carbocycles. The maximum Gasteiger partial charge on any atom is 0.163 e. The molecule has 0 spiro atoms. The zero-order valence-corrected chi connectivity index (χ0v) is 12.4. The van der Waals surface area contributed by atoms with Crippen molar-refractivity contribution in [3.8, 4) is 23.6 Å². The van der Waals surface area contributed by atoms with Crippen LogP contribution in [0.5, 0.6) is 11.5 Å². The zero-order valence-electron chi connectivity index (χ0n) is 12.4. The van der Waals surface area contributed by atoms with E-state index >= 15 is 0 Å². The molecule has 1 heterocycles. The van der Waals surface area contributed by atoms with Crippen molar-refractivity contribution in [1.82, 2.24) is 4.98 Å². The highest BCUT2D eigenvalue weighted by atomic mass is 16.5. The van der Waals surface area contributed by atoms with E-state index in [1.165, 1.54) is 13.3 Å². The van der Waals surface area contributed by atoms with Crippen LogP contribution in [-0.2, 0) is 11.2 Å². The number of methoxy groups -OCH3 is 2. The Balaban J connectivity index is 2.56. The fourth-order valence-corrected chi connectivity index (χ4v) is 2.13. The van der Waals surface area contributed by atoms with Gasteiger partial charge in [0.2, 0.25) is 0 Å². The van der Waals surface area contributed by atoms with Gasteiger partial charge in [-0.1, -0.05) is 0 Å². The average Bonchev–Trinajstić information content (AvgIpc) is 2.55. The van der Waals surface area contributed by atoms with Crippen LogP contribution in [0.25, 0.3) is 10.9 Å². The fraction of sp³-hybridized carbons (Fsp3) is 0.312. The van der Waals surface area contributed by atoms with E-state index < -0.39 is 0 Å². The fourth-order valence-electron chi connectivity index (χ4n) is 2.13. The Kier molecular flexibility index (Phi) is 5.13. The molecule has 0 bridgehead atoms. The Morgan fingerprint density at radius 1 is 1.14 bits per heavy atom. The molecule has 2 aromatic rings. The van der Waals surface area contributed by atoms with E-state index in [2.05, 4.69) is 17.1 Å². The normalized spacial score (nSPS) is 10.0. The first-order chi connectivity index (χ1) is 10.7. The maximum atomic E-state index is 9.16. The van der Waals surface area contributed by atoms with Crippen LogP contribution in [0.2, 0.25) is 0 Å². The first-order valence-electron chi connectivity index (χ1n) is 6.63. The van der Waals surface area contributed by atoms with E-state index in [4.69, 9.17) is 24.7 Å². The number of hydrogen-bond donors (Lipinski definition) is 0. The summed E-state index contributed by atoms with van der Waals surface area (Å²) >= 11 is 0. The molecule has 0 saturated heterocycles. The lowest BCUT2D eigenvalue weighted by Gasteiger charge is -2.13. The molecule has 22 heavy (non-hydrogen) atoms. The quantitative estimate of drug-likeness (QED) is 0.759. The number of nitrogens with zero attached hydrogens (tertiary/aromatic N) is 3. The number of fused-ring (bicyclic) bond motifs is 1. The van der Waals surface area contributed by atoms with Crippen LogP contribution in [0.3, 0.4) is 0 Å². The summed E-state index contributed by atoms with van der Waals surface area (Å²) in [5.41, 5.74) is 1.69. The van der Waals surface area contributed by atoms with Crippen LogP contribution in [-0.4, -0.2) is 32.4 Å². The Morgan fingerprint density at radius 3 is 2.59 bits per heavy atom. The molecule has 1 aromatic heterocycles. The van der Waals surface area contributed by atoms with Gasteiger partial charge in [0.25, 0.3) is 0 Å². The molecule has 6 nitrogen and oxygen atoms in total. The molecule has 0 amide bonds. The molecule has 0 radical (unpaired) electrons. The molecular weight excluding hydrogens is 282 g/mol. The molecule has 2 rings (SSSR count). The second kappa shape index (κ2) is 7.26. The van der Waals surface area contributed by atoms with Crippen molar-refractivity contribution in [2.75, 3.05) is 27.4 Å². The second-order valence-electron chi connectivity index (χ2n) is 4.46. The molecule has 6 heteroatoms. The Bertz CT molecular complexity index is 760. The highest BCUT2D eigenvalue weighted by molar-refractivity contribution is 5.87. The molecule has 0 aliphatic heterocycles. The van der Waals surface area contributed by atoms with E-state index in [1.807, 2.05) is 0 Å². The first-order valence-corrected chi connectivity index (χ1v) is 6.63. The summed E-state index contributed by atoms with van der Waals surface area (Å²) in [6, 6.07) is 7.63. The Labute approximate surface area is 128 Å². The second-order valence-corrected chi connectivity index (χ2v) is 4.46. The van der Waals surface area contributed by atoms with Gasteiger partial charge in [0.05, 0.1) is 37.3 Å². The third-order valence-corrected chi connectivity index (χ3v) is 3.19. The molecule has 0 atom stereocenters. The van der Waals surface area contributed by atoms with Gasteiger partial charge in [-0.25, -0.2) is 0 Å². The summed E-state index contributed by atoms with van der Waals surface area (Å²) in [5.74, 6) is 1.08. The largest absolute Gasteiger partial charge is 0.493 e. The monoisotopic (exact) mass is 297 g/mol. The molecule has 0 N–H and O–H groups in total. The number of nitriles is 2. The molecule has 0 fully saturated rings. The number of hydrogen-bond acceptors (Lipinski definition) is 6. The van der Waals surface area contributed by atoms with E-state index in [0.717, 1.165) is 5.39 Å². The van der Waals surface area contributed by atoms with Crippen molar-refractivity contribution in [2.45, 2.75) is 6.42 Å². The number of benzene rings is 1. The first kappa shape index (κ1) is 15.6. The predicted octanol–water partition coefficient (Wildman–Crippen LogP) is 2.21. The molecule has 0 unspecified atom stereocenters. The van der Waals surface area contributed by atoms with Crippen molar-refractivity contribution in [3.63, 3.8) is 0 Å². The van der Waals surface area contributed by atoms with Crippen molar-refractivity contribution in [2.24, 2.45) is 0 Å². The molecule has 112 valence electrons. The average molecular weight is 297 g/mol. The van der Waals surface area contributed by atoms with Gasteiger partial charge in [0.15, 0.2) is 11.5 Å². The van der Waals surface area contributed by atoms with E-state index in [-0.39, 0.29) is 6.42 Å². The van der Waals surface area contributed by atoms with Gasteiger partial charge in [-0.2, -0.15) is 10.5 Å². The van der Waals surface area contributed by atoms with E-state index in [9.17, 15) is 0 Å². The Morgan fingerprint density at radius 2 is 1.95 bits per heavy atom. The minimum absolute atomic E-state index is 0.134. The number of rotatable bonds is 6. The lowest BCUT2D eigenvalue weighted by molar-refractivity contribution is 0.144. The third-order valence-electron chi connectivity index (χ3n) is 3.19. The summed E-state index contributed by atoms with van der Waals surface area (Å²) in [7, 11) is 3.13. The van der Waals surface area contributed by atoms with Crippen molar-refractivity contribution in [3.05, 3.63) is 29.5 Å². The minimum atomic E-state index is 0.134. The summed E-state index contributed by atoms with van der Waals surface area (Å²) < 4.78 is 15.9. The zero-order chi connectivity index (χ0) is 15.9. The van der Waals surface area contributed by atoms with Crippen molar-refractivity contribution in [1.29, 1.82) is 10.5 Å². The molecule has 0 aliphatic carbocycles. The Hall–Kier alpha value is -2.83. The maximum absolute atomic E-state index is 9.16. The smallest absolute Gasteiger partial charge is 0.163 e. The highest BCUT2D eigenvalue weighted by Gasteiger charge is 2.13. The van der Waals surface area contributed by atoms with Crippen LogP contribution in [0.15, 0.2) is 18.3 Å². The van der Waals surface area contributed by atoms with E-state index in [1.54, 1.807) is 19.2 Å². The van der Waals surface area contributed by atoms with Crippen LogP contribution < -0.4 is 9.47 Å². The van der Waals surface area contributed by atoms with Gasteiger partial charge in [-0.3, -0.25) is 4.98 Å². The summed E-state index contributed by atoms with van der Waals surface area (Å²) in [6.45, 7) is 0.849. The van der Waals surface area contributed by atoms with E-state index in [0.29, 0.717) is 41.4 Å². The highest BCUT2D eigenvalue weighted by Crippen LogP contribution is 2.34. The lowest BCUT2D eigenvalue weighted by Crippen LogP contribution is -2.05. The van der Waals surface area contributed by atoms with Crippen molar-refractivity contribution < 1.29 is 14.2 Å². The third kappa shape index (κ3) is 3.08. The van der Waals surface area contributed by atoms with Gasteiger partial charge in [-0.15, -0.1) is 0 Å². The standard InChI is InChI=1S/C16H15N3O3/c1-20-5-6-22-16-8-14-13(7-15(16)21-2)12(3-4-17)11(9-18)10-19-14/h7-8,10H,3,5-6H2,1-2H3. The molecular formula is C16H15N3O3. The van der Waals surface area contributed by atoms with Gasteiger partial charge >= 0.3 is 0 Å².